The third-order valence-corrected chi connectivity index (χ3v) is 2.47. The molecule has 0 saturated heterocycles. The summed E-state index contributed by atoms with van der Waals surface area (Å²) in [6.07, 6.45) is 2.30. The van der Waals surface area contributed by atoms with E-state index in [0.717, 1.165) is 11.5 Å². The second-order valence-electron chi connectivity index (χ2n) is 3.91. The van der Waals surface area contributed by atoms with Crippen LogP contribution in [0.3, 0.4) is 0 Å². The van der Waals surface area contributed by atoms with Crippen molar-refractivity contribution in [2.24, 2.45) is 7.05 Å². The van der Waals surface area contributed by atoms with Gasteiger partial charge >= 0.3 is 5.97 Å². The van der Waals surface area contributed by atoms with Gasteiger partial charge in [0, 0.05) is 19.7 Å². The Bertz CT molecular complexity index is 338. The quantitative estimate of drug-likeness (QED) is 0.777. The van der Waals surface area contributed by atoms with Crippen LogP contribution in [0.4, 0.5) is 0 Å². The van der Waals surface area contributed by atoms with E-state index < -0.39 is 12.0 Å². The average Bonchev–Trinajstić information content (AvgIpc) is 2.41. The summed E-state index contributed by atoms with van der Waals surface area (Å²) in [6, 6.07) is -0.515. The number of aryl methyl sites for hydroxylation is 2. The fraction of sp³-hybridized carbons (Fsp3) is 0.600. The molecule has 0 aliphatic carbocycles. The number of imidazole rings is 1. The molecule has 0 saturated carbocycles. The largest absolute Gasteiger partial charge is 0.480 e. The van der Waals surface area contributed by atoms with Gasteiger partial charge in [0.2, 0.25) is 0 Å². The lowest BCUT2D eigenvalue weighted by Crippen LogP contribution is -2.37. The van der Waals surface area contributed by atoms with Gasteiger partial charge in [0.15, 0.2) is 0 Å². The molecule has 1 rings (SSSR count). The maximum Gasteiger partial charge on any atom is 0.321 e. The molecule has 1 heterocycles. The number of aliphatic carboxylic acids is 1. The Labute approximate surface area is 89.3 Å². The van der Waals surface area contributed by atoms with Crippen molar-refractivity contribution < 1.29 is 9.90 Å². The molecule has 0 fully saturated rings. The van der Waals surface area contributed by atoms with Crippen molar-refractivity contribution in [1.29, 1.82) is 0 Å². The van der Waals surface area contributed by atoms with Crippen LogP contribution in [0, 0.1) is 6.92 Å². The first kappa shape index (κ1) is 11.7. The van der Waals surface area contributed by atoms with Crippen molar-refractivity contribution in [3.63, 3.8) is 0 Å². The smallest absolute Gasteiger partial charge is 0.321 e. The van der Waals surface area contributed by atoms with Crippen molar-refractivity contribution in [2.75, 3.05) is 14.1 Å². The highest BCUT2D eigenvalue weighted by molar-refractivity contribution is 5.73. The van der Waals surface area contributed by atoms with E-state index in [1.807, 2.05) is 24.7 Å². The van der Waals surface area contributed by atoms with Crippen molar-refractivity contribution in [1.82, 2.24) is 14.5 Å². The molecule has 1 aromatic heterocycles. The monoisotopic (exact) mass is 211 g/mol. The molecule has 1 unspecified atom stereocenters. The van der Waals surface area contributed by atoms with Crippen LogP contribution in [-0.2, 0) is 18.3 Å². The Morgan fingerprint density at radius 1 is 1.67 bits per heavy atom. The number of likely N-dealkylation sites (N-methyl/N-ethyl adjacent to an activating group) is 1. The summed E-state index contributed by atoms with van der Waals surface area (Å²) < 4.78 is 1.89. The van der Waals surface area contributed by atoms with Crippen molar-refractivity contribution in [3.05, 3.63) is 17.7 Å². The van der Waals surface area contributed by atoms with Gasteiger partial charge in [-0.3, -0.25) is 9.69 Å². The van der Waals surface area contributed by atoms with Crippen molar-refractivity contribution in [3.8, 4) is 0 Å². The molecule has 5 heteroatoms. The van der Waals surface area contributed by atoms with E-state index in [4.69, 9.17) is 5.11 Å². The third kappa shape index (κ3) is 2.79. The number of carbonyl (C=O) groups is 1. The van der Waals surface area contributed by atoms with Gasteiger partial charge in [0.05, 0.1) is 5.69 Å². The summed E-state index contributed by atoms with van der Waals surface area (Å²) in [6.45, 7) is 1.90. The van der Waals surface area contributed by atoms with Crippen LogP contribution < -0.4 is 0 Å². The molecule has 1 atom stereocenters. The molecule has 0 aliphatic rings. The SMILES string of the molecule is Cc1nc(CC(C(=O)O)N(C)C)cn1C. The van der Waals surface area contributed by atoms with Gasteiger partial charge in [-0.25, -0.2) is 4.98 Å². The van der Waals surface area contributed by atoms with Crippen molar-refractivity contribution in [2.45, 2.75) is 19.4 Å². The van der Waals surface area contributed by atoms with E-state index in [1.54, 1.807) is 19.0 Å². The fourth-order valence-corrected chi connectivity index (χ4v) is 1.42. The second-order valence-corrected chi connectivity index (χ2v) is 3.91. The minimum absolute atomic E-state index is 0.435. The second kappa shape index (κ2) is 4.44. The Morgan fingerprint density at radius 3 is 2.60 bits per heavy atom. The number of carboxylic acids is 1. The summed E-state index contributed by atoms with van der Waals surface area (Å²) in [5.74, 6) is 0.0798. The molecule has 5 nitrogen and oxygen atoms in total. The van der Waals surface area contributed by atoms with Gasteiger partial charge in [0.25, 0.3) is 0 Å². The maximum atomic E-state index is 11.0. The summed E-state index contributed by atoms with van der Waals surface area (Å²) in [5, 5.41) is 9.00. The van der Waals surface area contributed by atoms with Crippen LogP contribution in [0.1, 0.15) is 11.5 Å². The number of aromatic nitrogens is 2. The highest BCUT2D eigenvalue weighted by Gasteiger charge is 2.21. The number of hydrogen-bond donors (Lipinski definition) is 1. The van der Waals surface area contributed by atoms with Gasteiger partial charge < -0.3 is 9.67 Å². The third-order valence-electron chi connectivity index (χ3n) is 2.47. The fourth-order valence-electron chi connectivity index (χ4n) is 1.42. The molecule has 0 spiro atoms. The zero-order valence-corrected chi connectivity index (χ0v) is 9.56. The van der Waals surface area contributed by atoms with E-state index in [2.05, 4.69) is 4.98 Å². The van der Waals surface area contributed by atoms with Crippen LogP contribution in [0.5, 0.6) is 0 Å². The first-order valence-corrected chi connectivity index (χ1v) is 4.80. The predicted molar refractivity (Wildman–Crippen MR) is 56.8 cm³/mol. The van der Waals surface area contributed by atoms with Gasteiger partial charge in [-0.15, -0.1) is 0 Å². The molecule has 15 heavy (non-hydrogen) atoms. The normalized spacial score (nSPS) is 13.1. The zero-order chi connectivity index (χ0) is 11.6. The molecule has 84 valence electrons. The Kier molecular flexibility index (Phi) is 3.47. The molecule has 0 bridgehead atoms. The Morgan fingerprint density at radius 2 is 2.27 bits per heavy atom. The standard InChI is InChI=1S/C10H17N3O2/c1-7-11-8(6-13(7)4)5-9(10(14)15)12(2)3/h6,9H,5H2,1-4H3,(H,14,15). The number of carboxylic acid groups (broad SMARTS) is 1. The van der Waals surface area contributed by atoms with Crippen LogP contribution in [0.2, 0.25) is 0 Å². The number of hydrogen-bond acceptors (Lipinski definition) is 3. The molecule has 0 aliphatic heterocycles. The lowest BCUT2D eigenvalue weighted by Gasteiger charge is -2.18. The maximum absolute atomic E-state index is 11.0. The Hall–Kier alpha value is -1.36. The number of nitrogens with zero attached hydrogens (tertiary/aromatic N) is 3. The van der Waals surface area contributed by atoms with Crippen LogP contribution >= 0.6 is 0 Å². The summed E-state index contributed by atoms with van der Waals surface area (Å²) in [5.41, 5.74) is 0.816. The molecule has 1 aromatic rings. The van der Waals surface area contributed by atoms with Crippen LogP contribution in [-0.4, -0.2) is 45.7 Å². The molecular formula is C10H17N3O2. The van der Waals surface area contributed by atoms with Crippen LogP contribution in [0.25, 0.3) is 0 Å². The van der Waals surface area contributed by atoms with Crippen LogP contribution in [0.15, 0.2) is 6.20 Å². The first-order valence-electron chi connectivity index (χ1n) is 4.80. The Balaban J connectivity index is 2.79. The zero-order valence-electron chi connectivity index (χ0n) is 9.56. The molecular weight excluding hydrogens is 194 g/mol. The summed E-state index contributed by atoms with van der Waals surface area (Å²) >= 11 is 0. The van der Waals surface area contributed by atoms with Gasteiger partial charge in [-0.1, -0.05) is 0 Å². The van der Waals surface area contributed by atoms with E-state index >= 15 is 0 Å². The topological polar surface area (TPSA) is 58.4 Å². The van der Waals surface area contributed by atoms with Crippen molar-refractivity contribution >= 4 is 5.97 Å². The minimum Gasteiger partial charge on any atom is -0.480 e. The molecule has 0 amide bonds. The van der Waals surface area contributed by atoms with Gasteiger partial charge in [-0.05, 0) is 21.0 Å². The average molecular weight is 211 g/mol. The van der Waals surface area contributed by atoms with Gasteiger partial charge in [0.1, 0.15) is 11.9 Å². The van der Waals surface area contributed by atoms with E-state index in [1.165, 1.54) is 0 Å². The summed E-state index contributed by atoms with van der Waals surface area (Å²) in [4.78, 5) is 16.9. The molecule has 1 N–H and O–H groups in total. The summed E-state index contributed by atoms with van der Waals surface area (Å²) in [7, 11) is 5.42. The first-order chi connectivity index (χ1) is 6.91. The highest BCUT2D eigenvalue weighted by atomic mass is 16.4. The lowest BCUT2D eigenvalue weighted by atomic mass is 10.1. The molecule has 0 aromatic carbocycles. The van der Waals surface area contributed by atoms with Gasteiger partial charge in [-0.2, -0.15) is 0 Å². The lowest BCUT2D eigenvalue weighted by molar-refractivity contribution is -0.142. The highest BCUT2D eigenvalue weighted by Crippen LogP contribution is 2.06. The molecule has 0 radical (unpaired) electrons. The van der Waals surface area contributed by atoms with E-state index in [-0.39, 0.29) is 0 Å². The van der Waals surface area contributed by atoms with E-state index in [9.17, 15) is 4.79 Å². The minimum atomic E-state index is -0.816. The van der Waals surface area contributed by atoms with E-state index in [0.29, 0.717) is 6.42 Å². The number of rotatable bonds is 4. The predicted octanol–water partition coefficient (Wildman–Crippen LogP) is 0.286.